The molecule has 0 saturated heterocycles. The fourth-order valence-corrected chi connectivity index (χ4v) is 2.81. The molecule has 0 unspecified atom stereocenters. The number of H-pyrrole nitrogens is 1. The molecule has 3 aromatic rings. The van der Waals surface area contributed by atoms with Crippen molar-refractivity contribution in [3.63, 3.8) is 0 Å². The second kappa shape index (κ2) is 5.70. The number of benzene rings is 1. The zero-order chi connectivity index (χ0) is 15.6. The van der Waals surface area contributed by atoms with Gasteiger partial charge in [-0.1, -0.05) is 18.2 Å². The highest BCUT2D eigenvalue weighted by molar-refractivity contribution is 6.07. The molecule has 23 heavy (non-hydrogen) atoms. The normalized spacial score (nSPS) is 13.7. The molecular formula is C18H15N3O2. The maximum absolute atomic E-state index is 12.3. The van der Waals surface area contributed by atoms with Crippen LogP contribution in [0.15, 0.2) is 54.9 Å². The van der Waals surface area contributed by atoms with Crippen molar-refractivity contribution in [1.29, 1.82) is 0 Å². The third-order valence-electron chi connectivity index (χ3n) is 3.85. The molecule has 1 aliphatic rings. The van der Waals surface area contributed by atoms with E-state index in [1.165, 1.54) is 0 Å². The molecule has 0 atom stereocenters. The van der Waals surface area contributed by atoms with E-state index in [1.54, 1.807) is 12.4 Å². The summed E-state index contributed by atoms with van der Waals surface area (Å²) in [5.74, 6) is -0.0127. The minimum Gasteiger partial charge on any atom is -0.367 e. The smallest absolute Gasteiger partial charge is 0.192 e. The Morgan fingerprint density at radius 1 is 1.04 bits per heavy atom. The Bertz CT molecular complexity index is 841. The Labute approximate surface area is 133 Å². The maximum atomic E-state index is 12.3. The van der Waals surface area contributed by atoms with Gasteiger partial charge < -0.3 is 15.0 Å². The number of para-hydroxylation sites is 1. The van der Waals surface area contributed by atoms with Crippen LogP contribution in [0.3, 0.4) is 0 Å². The van der Waals surface area contributed by atoms with Gasteiger partial charge in [0.15, 0.2) is 5.78 Å². The van der Waals surface area contributed by atoms with Gasteiger partial charge in [0, 0.05) is 23.6 Å². The third kappa shape index (κ3) is 2.51. The summed E-state index contributed by atoms with van der Waals surface area (Å²) in [5, 5.41) is 3.38. The van der Waals surface area contributed by atoms with Crippen LogP contribution < -0.4 is 5.32 Å². The Kier molecular flexibility index (Phi) is 3.40. The van der Waals surface area contributed by atoms with Crippen molar-refractivity contribution in [3.8, 4) is 11.3 Å². The number of pyridine rings is 1. The second-order valence-corrected chi connectivity index (χ2v) is 5.37. The summed E-state index contributed by atoms with van der Waals surface area (Å²) < 4.78 is 5.34. The average molecular weight is 305 g/mol. The van der Waals surface area contributed by atoms with E-state index in [1.807, 2.05) is 42.5 Å². The molecule has 4 rings (SSSR count). The van der Waals surface area contributed by atoms with E-state index in [-0.39, 0.29) is 12.4 Å². The van der Waals surface area contributed by atoms with E-state index in [4.69, 9.17) is 4.74 Å². The van der Waals surface area contributed by atoms with Crippen LogP contribution in [0.2, 0.25) is 0 Å². The second-order valence-electron chi connectivity index (χ2n) is 5.37. The lowest BCUT2D eigenvalue weighted by atomic mass is 10.1. The molecule has 2 N–H and O–H groups in total. The van der Waals surface area contributed by atoms with Gasteiger partial charge in [0.1, 0.15) is 6.61 Å². The van der Waals surface area contributed by atoms with Gasteiger partial charge in [-0.3, -0.25) is 9.78 Å². The molecule has 5 heteroatoms. The first kappa shape index (κ1) is 13.7. The van der Waals surface area contributed by atoms with Gasteiger partial charge in [-0.2, -0.15) is 0 Å². The van der Waals surface area contributed by atoms with E-state index in [0.29, 0.717) is 12.2 Å². The maximum Gasteiger partial charge on any atom is 0.192 e. The predicted molar refractivity (Wildman–Crippen MR) is 87.7 cm³/mol. The molecule has 5 nitrogen and oxygen atoms in total. The van der Waals surface area contributed by atoms with Crippen molar-refractivity contribution in [3.05, 3.63) is 66.1 Å². The molecule has 114 valence electrons. The van der Waals surface area contributed by atoms with Crippen LogP contribution in [0.4, 0.5) is 11.4 Å². The highest BCUT2D eigenvalue weighted by atomic mass is 16.5. The van der Waals surface area contributed by atoms with Crippen molar-refractivity contribution in [2.75, 3.05) is 11.9 Å². The Balaban J connectivity index is 1.87. The van der Waals surface area contributed by atoms with Crippen LogP contribution in [0, 0.1) is 0 Å². The number of hydrogen-bond acceptors (Lipinski definition) is 4. The molecule has 3 heterocycles. The highest BCUT2D eigenvalue weighted by Crippen LogP contribution is 2.37. The monoisotopic (exact) mass is 305 g/mol. The van der Waals surface area contributed by atoms with Crippen molar-refractivity contribution in [2.45, 2.75) is 6.61 Å². The topological polar surface area (TPSA) is 67.0 Å². The number of hydrogen-bond donors (Lipinski definition) is 2. The largest absolute Gasteiger partial charge is 0.367 e. The van der Waals surface area contributed by atoms with Gasteiger partial charge in [-0.25, -0.2) is 0 Å². The molecule has 0 bridgehead atoms. The van der Waals surface area contributed by atoms with Gasteiger partial charge in [0.05, 0.1) is 29.2 Å². The molecule has 0 aliphatic carbocycles. The van der Waals surface area contributed by atoms with Crippen molar-refractivity contribution >= 4 is 17.2 Å². The summed E-state index contributed by atoms with van der Waals surface area (Å²) >= 11 is 0. The zero-order valence-corrected chi connectivity index (χ0v) is 12.4. The number of nitrogens with one attached hydrogen (secondary N) is 2. The Morgan fingerprint density at radius 2 is 1.83 bits per heavy atom. The van der Waals surface area contributed by atoms with Crippen molar-refractivity contribution in [2.24, 2.45) is 0 Å². The first-order chi connectivity index (χ1) is 11.3. The van der Waals surface area contributed by atoms with E-state index >= 15 is 0 Å². The third-order valence-corrected chi connectivity index (χ3v) is 3.85. The summed E-state index contributed by atoms with van der Waals surface area (Å²) in [5.41, 5.74) is 5.08. The quantitative estimate of drug-likeness (QED) is 0.777. The highest BCUT2D eigenvalue weighted by Gasteiger charge is 2.27. The lowest BCUT2D eigenvalue weighted by Crippen LogP contribution is -2.18. The fraction of sp³-hybridized carbons (Fsp3) is 0.111. The van der Waals surface area contributed by atoms with Gasteiger partial charge in [-0.05, 0) is 24.3 Å². The van der Waals surface area contributed by atoms with Crippen LogP contribution in [0.1, 0.15) is 16.1 Å². The lowest BCUT2D eigenvalue weighted by Gasteiger charge is -2.14. The Hall–Kier alpha value is -2.92. The summed E-state index contributed by atoms with van der Waals surface area (Å²) in [7, 11) is 0. The van der Waals surface area contributed by atoms with E-state index in [2.05, 4.69) is 15.3 Å². The predicted octanol–water partition coefficient (Wildman–Crippen LogP) is 3.53. The number of aromatic nitrogens is 2. The van der Waals surface area contributed by atoms with E-state index < -0.39 is 0 Å². The lowest BCUT2D eigenvalue weighted by molar-refractivity contribution is 0.0660. The summed E-state index contributed by atoms with van der Waals surface area (Å²) in [6.07, 6.45) is 3.47. The number of nitrogens with zero attached hydrogens (tertiary/aromatic N) is 1. The van der Waals surface area contributed by atoms with Gasteiger partial charge in [0.25, 0.3) is 0 Å². The van der Waals surface area contributed by atoms with Crippen molar-refractivity contribution < 1.29 is 9.53 Å². The van der Waals surface area contributed by atoms with Crippen LogP contribution >= 0.6 is 0 Å². The van der Waals surface area contributed by atoms with E-state index in [9.17, 15) is 4.79 Å². The van der Waals surface area contributed by atoms with Crippen molar-refractivity contribution in [1.82, 2.24) is 9.97 Å². The molecular weight excluding hydrogens is 290 g/mol. The molecule has 1 aromatic carbocycles. The van der Waals surface area contributed by atoms with Gasteiger partial charge >= 0.3 is 0 Å². The molecule has 0 saturated carbocycles. The number of carbonyl (C=O) groups is 1. The molecule has 0 amide bonds. The fourth-order valence-electron chi connectivity index (χ4n) is 2.81. The van der Waals surface area contributed by atoms with Crippen LogP contribution in [0.5, 0.6) is 0 Å². The number of ketones is 1. The number of fused-ring (bicyclic) bond motifs is 1. The number of carbonyl (C=O) groups excluding carboxylic acids is 1. The molecule has 1 aliphatic heterocycles. The Morgan fingerprint density at radius 3 is 2.61 bits per heavy atom. The van der Waals surface area contributed by atoms with Crippen LogP contribution in [0.25, 0.3) is 11.3 Å². The SMILES string of the molecule is O=C1COCc2[nH]c(-c3ccncc3)c(Nc3ccccc3)c21. The molecule has 0 radical (unpaired) electrons. The minimum atomic E-state index is -0.0127. The first-order valence-corrected chi connectivity index (χ1v) is 7.41. The summed E-state index contributed by atoms with van der Waals surface area (Å²) in [6, 6.07) is 13.6. The average Bonchev–Trinajstić information content (AvgIpc) is 2.96. The zero-order valence-electron chi connectivity index (χ0n) is 12.4. The molecule has 2 aromatic heterocycles. The first-order valence-electron chi connectivity index (χ1n) is 7.41. The van der Waals surface area contributed by atoms with Gasteiger partial charge in [-0.15, -0.1) is 0 Å². The molecule has 0 spiro atoms. The number of ether oxygens (including phenoxy) is 1. The number of Topliss-reactive ketones (excluding diaryl/α,β-unsaturated/α-hetero) is 1. The van der Waals surface area contributed by atoms with Gasteiger partial charge in [0.2, 0.25) is 0 Å². The van der Waals surface area contributed by atoms with Crippen LogP contribution in [-0.4, -0.2) is 22.4 Å². The minimum absolute atomic E-state index is 0.0127. The number of aromatic amines is 1. The number of rotatable bonds is 3. The summed E-state index contributed by atoms with van der Waals surface area (Å²) in [4.78, 5) is 19.7. The summed E-state index contributed by atoms with van der Waals surface area (Å²) in [6.45, 7) is 0.528. The number of anilines is 2. The van der Waals surface area contributed by atoms with E-state index in [0.717, 1.165) is 28.3 Å². The van der Waals surface area contributed by atoms with Crippen LogP contribution in [-0.2, 0) is 11.3 Å². The standard InChI is InChI=1S/C18H15N3O2/c22-15-11-23-10-14-16(15)18(20-13-4-2-1-3-5-13)17(21-14)12-6-8-19-9-7-12/h1-9,20-21H,10-11H2. The molecule has 0 fully saturated rings.